The summed E-state index contributed by atoms with van der Waals surface area (Å²) < 4.78 is 5.29. The molecule has 1 aromatic carbocycles. The Hall–Kier alpha value is -1.71. The van der Waals surface area contributed by atoms with Gasteiger partial charge in [-0.05, 0) is 67.9 Å². The second-order valence-electron chi connectivity index (χ2n) is 7.82. The van der Waals surface area contributed by atoms with E-state index in [-0.39, 0.29) is 5.41 Å². The summed E-state index contributed by atoms with van der Waals surface area (Å²) in [4.78, 5) is 5.11. The third-order valence-electron chi connectivity index (χ3n) is 7.01. The Labute approximate surface area is 143 Å². The molecule has 0 saturated heterocycles. The molecule has 0 bridgehead atoms. The van der Waals surface area contributed by atoms with Crippen molar-refractivity contribution in [1.29, 1.82) is 0 Å². The molecule has 4 atom stereocenters. The Morgan fingerprint density at radius 3 is 2.75 bits per heavy atom. The molecular weight excluding hydrogens is 302 g/mol. The number of rotatable bonds is 2. The number of fused-ring (bicyclic) bond motifs is 5. The maximum atomic E-state index is 10.5. The van der Waals surface area contributed by atoms with Crippen molar-refractivity contribution in [1.82, 2.24) is 0 Å². The van der Waals surface area contributed by atoms with E-state index in [1.807, 2.05) is 6.07 Å². The Bertz CT molecular complexity index is 684. The van der Waals surface area contributed by atoms with Crippen LogP contribution in [0.5, 0.6) is 11.5 Å². The number of hydrogen-bond donors (Lipinski definition) is 1. The lowest BCUT2D eigenvalue weighted by Gasteiger charge is -2.49. The van der Waals surface area contributed by atoms with Gasteiger partial charge in [-0.15, -0.1) is 0 Å². The van der Waals surface area contributed by atoms with Crippen molar-refractivity contribution in [3.05, 3.63) is 23.3 Å². The van der Waals surface area contributed by atoms with Gasteiger partial charge >= 0.3 is 0 Å². The molecule has 2 saturated carbocycles. The molecule has 0 unspecified atom stereocenters. The van der Waals surface area contributed by atoms with Gasteiger partial charge in [0.15, 0.2) is 11.5 Å². The van der Waals surface area contributed by atoms with Crippen molar-refractivity contribution in [2.75, 3.05) is 14.2 Å². The van der Waals surface area contributed by atoms with Gasteiger partial charge in [0, 0.05) is 11.0 Å². The molecule has 1 aromatic rings. The van der Waals surface area contributed by atoms with Gasteiger partial charge in [0.25, 0.3) is 0 Å². The third-order valence-corrected chi connectivity index (χ3v) is 7.01. The van der Waals surface area contributed by atoms with Gasteiger partial charge in [0.2, 0.25) is 0 Å². The lowest BCUT2D eigenvalue weighted by Crippen LogP contribution is -2.42. The average Bonchev–Trinajstić information content (AvgIpc) is 2.92. The summed E-state index contributed by atoms with van der Waals surface area (Å²) in [5, 5.41) is 14.9. The van der Waals surface area contributed by atoms with Crippen molar-refractivity contribution in [2.24, 2.45) is 22.4 Å². The third kappa shape index (κ3) is 2.08. The largest absolute Gasteiger partial charge is 0.504 e. The first kappa shape index (κ1) is 15.8. The summed E-state index contributed by atoms with van der Waals surface area (Å²) in [7, 11) is 3.27. The molecule has 4 rings (SSSR count). The quantitative estimate of drug-likeness (QED) is 0.825. The average molecular weight is 329 g/mol. The van der Waals surface area contributed by atoms with E-state index in [1.165, 1.54) is 24.1 Å². The van der Waals surface area contributed by atoms with Gasteiger partial charge in [-0.2, -0.15) is 0 Å². The van der Waals surface area contributed by atoms with Crippen LogP contribution in [0.25, 0.3) is 0 Å². The molecule has 1 N–H and O–H groups in total. The van der Waals surface area contributed by atoms with Crippen LogP contribution in [-0.4, -0.2) is 25.0 Å². The van der Waals surface area contributed by atoms with E-state index in [0.717, 1.165) is 31.2 Å². The first-order chi connectivity index (χ1) is 11.6. The Kier molecular flexibility index (Phi) is 3.74. The lowest BCUT2D eigenvalue weighted by molar-refractivity contribution is 0.0919. The van der Waals surface area contributed by atoms with Gasteiger partial charge in [-0.1, -0.05) is 18.1 Å². The molecule has 4 nitrogen and oxygen atoms in total. The first-order valence-corrected chi connectivity index (χ1v) is 9.09. The van der Waals surface area contributed by atoms with Crippen molar-refractivity contribution in [2.45, 2.75) is 51.4 Å². The molecule has 3 aliphatic rings. The Balaban J connectivity index is 1.70. The maximum Gasteiger partial charge on any atom is 0.161 e. The van der Waals surface area contributed by atoms with E-state index < -0.39 is 0 Å². The van der Waals surface area contributed by atoms with Crippen molar-refractivity contribution >= 4 is 5.71 Å². The molecule has 0 heterocycles. The van der Waals surface area contributed by atoms with Crippen LogP contribution < -0.4 is 4.74 Å². The number of phenolic OH excluding ortho intramolecular Hbond substituents is 1. The maximum absolute atomic E-state index is 10.5. The van der Waals surface area contributed by atoms with Gasteiger partial charge < -0.3 is 14.7 Å². The van der Waals surface area contributed by atoms with Crippen LogP contribution in [0.15, 0.2) is 17.3 Å². The number of hydrogen-bond acceptors (Lipinski definition) is 4. The standard InChI is InChI=1S/C20H27NO3/c1-20-11-10-13-12-6-8-17(23-2)19(22)15(12)5-4-14(13)16(20)7-9-18(20)21-24-3/h6,8,13-14,16,22H,4-5,7,9-11H2,1-3H3/t13-,14-,16+,20+/m1/s1. The minimum atomic E-state index is 0.198. The second-order valence-corrected chi connectivity index (χ2v) is 7.82. The molecule has 4 heteroatoms. The number of phenols is 1. The molecule has 0 spiro atoms. The molecule has 2 fully saturated rings. The van der Waals surface area contributed by atoms with Crippen LogP contribution in [0.3, 0.4) is 0 Å². The molecule has 130 valence electrons. The van der Waals surface area contributed by atoms with E-state index >= 15 is 0 Å². The van der Waals surface area contributed by atoms with Crippen LogP contribution in [0, 0.1) is 17.3 Å². The molecule has 24 heavy (non-hydrogen) atoms. The second kappa shape index (κ2) is 5.68. The predicted molar refractivity (Wildman–Crippen MR) is 93.7 cm³/mol. The number of methoxy groups -OCH3 is 1. The monoisotopic (exact) mass is 329 g/mol. The molecule has 3 aliphatic carbocycles. The molecular formula is C20H27NO3. The number of benzene rings is 1. The van der Waals surface area contributed by atoms with E-state index in [4.69, 9.17) is 9.57 Å². The zero-order chi connectivity index (χ0) is 16.9. The topological polar surface area (TPSA) is 51.0 Å². The zero-order valence-corrected chi connectivity index (χ0v) is 14.8. The van der Waals surface area contributed by atoms with E-state index in [9.17, 15) is 5.11 Å². The van der Waals surface area contributed by atoms with E-state index in [1.54, 1.807) is 14.2 Å². The molecule has 0 radical (unpaired) electrons. The van der Waals surface area contributed by atoms with E-state index in [2.05, 4.69) is 18.1 Å². The summed E-state index contributed by atoms with van der Waals surface area (Å²) in [6.45, 7) is 2.39. The summed E-state index contributed by atoms with van der Waals surface area (Å²) >= 11 is 0. The van der Waals surface area contributed by atoms with Gasteiger partial charge in [0.1, 0.15) is 7.11 Å². The van der Waals surface area contributed by atoms with Crippen molar-refractivity contribution < 1.29 is 14.7 Å². The first-order valence-electron chi connectivity index (χ1n) is 9.09. The highest BCUT2D eigenvalue weighted by molar-refractivity contribution is 5.92. The predicted octanol–water partition coefficient (Wildman–Crippen LogP) is 4.26. The Morgan fingerprint density at radius 1 is 1.17 bits per heavy atom. The minimum absolute atomic E-state index is 0.198. The summed E-state index contributed by atoms with van der Waals surface area (Å²) in [6, 6.07) is 4.11. The lowest BCUT2D eigenvalue weighted by atomic mass is 9.55. The van der Waals surface area contributed by atoms with Gasteiger partial charge in [-0.25, -0.2) is 0 Å². The van der Waals surface area contributed by atoms with Gasteiger partial charge in [-0.3, -0.25) is 0 Å². The smallest absolute Gasteiger partial charge is 0.161 e. The fourth-order valence-corrected chi connectivity index (χ4v) is 5.84. The molecule has 0 aromatic heterocycles. The van der Waals surface area contributed by atoms with Gasteiger partial charge in [0.05, 0.1) is 12.8 Å². The highest BCUT2D eigenvalue weighted by Crippen LogP contribution is 2.60. The highest BCUT2D eigenvalue weighted by Gasteiger charge is 2.54. The van der Waals surface area contributed by atoms with Crippen molar-refractivity contribution in [3.63, 3.8) is 0 Å². The fraction of sp³-hybridized carbons (Fsp3) is 0.650. The number of oxime groups is 1. The van der Waals surface area contributed by atoms with E-state index in [0.29, 0.717) is 29.3 Å². The summed E-state index contributed by atoms with van der Waals surface area (Å²) in [6.07, 6.45) is 6.71. The van der Waals surface area contributed by atoms with Crippen molar-refractivity contribution in [3.8, 4) is 11.5 Å². The zero-order valence-electron chi connectivity index (χ0n) is 14.8. The number of nitrogens with zero attached hydrogens (tertiary/aromatic N) is 1. The van der Waals surface area contributed by atoms with Crippen LogP contribution in [0.2, 0.25) is 0 Å². The Morgan fingerprint density at radius 2 is 2.00 bits per heavy atom. The molecule has 0 aliphatic heterocycles. The number of ether oxygens (including phenoxy) is 1. The normalized spacial score (nSPS) is 36.0. The fourth-order valence-electron chi connectivity index (χ4n) is 5.84. The minimum Gasteiger partial charge on any atom is -0.504 e. The summed E-state index contributed by atoms with van der Waals surface area (Å²) in [5.74, 6) is 2.89. The van der Waals surface area contributed by atoms with Crippen LogP contribution >= 0.6 is 0 Å². The highest BCUT2D eigenvalue weighted by atomic mass is 16.6. The van der Waals surface area contributed by atoms with Crippen LogP contribution in [-0.2, 0) is 11.3 Å². The van der Waals surface area contributed by atoms with Crippen LogP contribution in [0.4, 0.5) is 0 Å². The molecule has 0 amide bonds. The van der Waals surface area contributed by atoms with Crippen LogP contribution in [0.1, 0.15) is 56.1 Å². The summed E-state index contributed by atoms with van der Waals surface area (Å²) in [5.41, 5.74) is 3.92. The SMILES string of the molecule is CON=C1CC[C@H]2[C@@H]3CCc4c(ccc(OC)c4O)[C@H]3CC[C@]12C. The number of aromatic hydroxyl groups is 1.